The molecule has 5 nitrogen and oxygen atoms in total. The lowest BCUT2D eigenvalue weighted by molar-refractivity contribution is -0.523. The molecule has 1 aliphatic rings. The van der Waals surface area contributed by atoms with E-state index in [0.717, 1.165) is 6.29 Å². The number of carbonyl (C=O) groups excluding carboxylic acids is 1. The highest BCUT2D eigenvalue weighted by atomic mass is 16.6. The van der Waals surface area contributed by atoms with Gasteiger partial charge >= 0.3 is 0 Å². The minimum absolute atomic E-state index is 0.175. The van der Waals surface area contributed by atoms with Crippen molar-refractivity contribution in [3.8, 4) is 0 Å². The number of piperidine rings is 1. The van der Waals surface area contributed by atoms with E-state index in [1.54, 1.807) is 0 Å². The average Bonchev–Trinajstić information content (AvgIpc) is 2.05. The molecule has 0 saturated carbocycles. The van der Waals surface area contributed by atoms with Gasteiger partial charge in [-0.1, -0.05) is 0 Å². The lowest BCUT2D eigenvalue weighted by Gasteiger charge is -2.20. The van der Waals surface area contributed by atoms with Crippen molar-refractivity contribution in [2.24, 2.45) is 0 Å². The van der Waals surface area contributed by atoms with Gasteiger partial charge in [-0.05, 0) is 6.42 Å². The molecule has 1 heterocycles. The summed E-state index contributed by atoms with van der Waals surface area (Å²) in [5.74, 6) is 0. The van der Waals surface area contributed by atoms with Gasteiger partial charge in [-0.3, -0.25) is 10.1 Å². The Labute approximate surface area is 63.9 Å². The van der Waals surface area contributed by atoms with E-state index < -0.39 is 6.04 Å². The van der Waals surface area contributed by atoms with E-state index in [2.05, 4.69) is 5.32 Å². The quantitative estimate of drug-likeness (QED) is 0.336. The molecule has 0 aromatic heterocycles. The third-order valence-electron chi connectivity index (χ3n) is 1.89. The van der Waals surface area contributed by atoms with Crippen LogP contribution in [0, 0.1) is 10.1 Å². The van der Waals surface area contributed by atoms with Crippen LogP contribution >= 0.6 is 0 Å². The van der Waals surface area contributed by atoms with Crippen molar-refractivity contribution in [1.29, 1.82) is 0 Å². The Morgan fingerprint density at radius 2 is 2.27 bits per heavy atom. The third-order valence-corrected chi connectivity index (χ3v) is 1.89. The molecule has 62 valence electrons. The first-order valence-electron chi connectivity index (χ1n) is 3.56. The number of aldehydes is 1. The van der Waals surface area contributed by atoms with Crippen molar-refractivity contribution in [3.63, 3.8) is 0 Å². The third kappa shape index (κ3) is 1.98. The van der Waals surface area contributed by atoms with Gasteiger partial charge in [0.25, 0.3) is 0 Å². The summed E-state index contributed by atoms with van der Waals surface area (Å²) in [6.45, 7) is 0.316. The maximum Gasteiger partial charge on any atom is 0.225 e. The fourth-order valence-electron chi connectivity index (χ4n) is 1.16. The summed E-state index contributed by atoms with van der Waals surface area (Å²) in [7, 11) is 0. The van der Waals surface area contributed by atoms with E-state index in [1.165, 1.54) is 0 Å². The van der Waals surface area contributed by atoms with Crippen LogP contribution in [-0.4, -0.2) is 29.8 Å². The second-order valence-electron chi connectivity index (χ2n) is 2.67. The SMILES string of the molecule is O=CC1CCC([N+](=O)[O-])CN1. The summed E-state index contributed by atoms with van der Waals surface area (Å²) in [6.07, 6.45) is 1.88. The largest absolute Gasteiger partial charge is 0.302 e. The molecule has 1 fully saturated rings. The van der Waals surface area contributed by atoms with Crippen LogP contribution in [0.4, 0.5) is 0 Å². The molecule has 2 atom stereocenters. The Hall–Kier alpha value is -0.970. The zero-order chi connectivity index (χ0) is 8.27. The Kier molecular flexibility index (Phi) is 2.53. The number of nitrogens with zero attached hydrogens (tertiary/aromatic N) is 1. The van der Waals surface area contributed by atoms with E-state index in [1.807, 2.05) is 0 Å². The van der Waals surface area contributed by atoms with Gasteiger partial charge in [0.2, 0.25) is 6.04 Å². The zero-order valence-corrected chi connectivity index (χ0v) is 6.03. The Bertz CT molecular complexity index is 163. The molecule has 1 aliphatic heterocycles. The number of hydrogen-bond donors (Lipinski definition) is 1. The molecule has 0 radical (unpaired) electrons. The Morgan fingerprint density at radius 3 is 2.64 bits per heavy atom. The molecule has 0 aliphatic carbocycles. The highest BCUT2D eigenvalue weighted by molar-refractivity contribution is 5.57. The van der Waals surface area contributed by atoms with Gasteiger partial charge in [0, 0.05) is 11.3 Å². The van der Waals surface area contributed by atoms with E-state index in [-0.39, 0.29) is 11.0 Å². The zero-order valence-electron chi connectivity index (χ0n) is 6.03. The van der Waals surface area contributed by atoms with Crippen molar-refractivity contribution in [3.05, 3.63) is 10.1 Å². The van der Waals surface area contributed by atoms with Gasteiger partial charge in [-0.15, -0.1) is 0 Å². The van der Waals surface area contributed by atoms with Gasteiger partial charge in [0.15, 0.2) is 0 Å². The van der Waals surface area contributed by atoms with Crippen molar-refractivity contribution < 1.29 is 9.72 Å². The van der Waals surface area contributed by atoms with Gasteiger partial charge in [-0.2, -0.15) is 0 Å². The van der Waals surface area contributed by atoms with Crippen molar-refractivity contribution >= 4 is 6.29 Å². The van der Waals surface area contributed by atoms with Crippen LogP contribution in [0.5, 0.6) is 0 Å². The van der Waals surface area contributed by atoms with Crippen LogP contribution in [-0.2, 0) is 4.79 Å². The number of nitro groups is 1. The molecule has 0 amide bonds. The Morgan fingerprint density at radius 1 is 1.55 bits per heavy atom. The molecule has 2 unspecified atom stereocenters. The van der Waals surface area contributed by atoms with Gasteiger partial charge in [0.1, 0.15) is 6.29 Å². The molecule has 1 N–H and O–H groups in total. The summed E-state index contributed by atoms with van der Waals surface area (Å²) in [6, 6.07) is -0.683. The van der Waals surface area contributed by atoms with Crippen LogP contribution in [0.3, 0.4) is 0 Å². The number of rotatable bonds is 2. The molecule has 0 aromatic carbocycles. The molecule has 0 aromatic rings. The van der Waals surface area contributed by atoms with Gasteiger partial charge in [0.05, 0.1) is 12.6 Å². The fourth-order valence-corrected chi connectivity index (χ4v) is 1.16. The molecule has 5 heteroatoms. The molecule has 1 rings (SSSR count). The number of hydrogen-bond acceptors (Lipinski definition) is 4. The summed E-state index contributed by atoms with van der Waals surface area (Å²) in [5, 5.41) is 13.0. The van der Waals surface area contributed by atoms with E-state index in [9.17, 15) is 14.9 Å². The molecule has 0 spiro atoms. The Balaban J connectivity index is 2.35. The van der Waals surface area contributed by atoms with Crippen LogP contribution in [0.1, 0.15) is 12.8 Å². The standard InChI is InChI=1S/C6H10N2O3/c9-4-5-1-2-6(3-7-5)8(10)11/h4-7H,1-3H2. The number of carbonyl (C=O) groups is 1. The minimum Gasteiger partial charge on any atom is -0.302 e. The van der Waals surface area contributed by atoms with Crippen LogP contribution < -0.4 is 5.32 Å². The van der Waals surface area contributed by atoms with Crippen LogP contribution in [0.25, 0.3) is 0 Å². The highest BCUT2D eigenvalue weighted by Gasteiger charge is 2.27. The van der Waals surface area contributed by atoms with Crippen LogP contribution in [0.2, 0.25) is 0 Å². The average molecular weight is 158 g/mol. The summed E-state index contributed by atoms with van der Waals surface area (Å²) >= 11 is 0. The van der Waals surface area contributed by atoms with E-state index in [0.29, 0.717) is 19.4 Å². The maximum atomic E-state index is 10.2. The molecular formula is C6H10N2O3. The minimum atomic E-state index is -0.508. The number of nitrogens with one attached hydrogen (secondary N) is 1. The molecule has 1 saturated heterocycles. The predicted molar refractivity (Wildman–Crippen MR) is 37.9 cm³/mol. The lowest BCUT2D eigenvalue weighted by atomic mass is 10.0. The topological polar surface area (TPSA) is 72.2 Å². The van der Waals surface area contributed by atoms with E-state index >= 15 is 0 Å². The molecular weight excluding hydrogens is 148 g/mol. The van der Waals surface area contributed by atoms with Crippen molar-refractivity contribution in [2.75, 3.05) is 6.54 Å². The highest BCUT2D eigenvalue weighted by Crippen LogP contribution is 2.08. The normalized spacial score (nSPS) is 31.3. The predicted octanol–water partition coefficient (Wildman–Crippen LogP) is -0.417. The molecule has 0 bridgehead atoms. The monoisotopic (exact) mass is 158 g/mol. The maximum absolute atomic E-state index is 10.2. The fraction of sp³-hybridized carbons (Fsp3) is 0.833. The van der Waals surface area contributed by atoms with E-state index in [4.69, 9.17) is 0 Å². The van der Waals surface area contributed by atoms with Crippen molar-refractivity contribution in [2.45, 2.75) is 24.9 Å². The lowest BCUT2D eigenvalue weighted by Crippen LogP contribution is -2.45. The first-order valence-corrected chi connectivity index (χ1v) is 3.56. The first kappa shape index (κ1) is 8.13. The summed E-state index contributed by atoms with van der Waals surface area (Å²) < 4.78 is 0. The first-order chi connectivity index (χ1) is 5.24. The van der Waals surface area contributed by atoms with Crippen LogP contribution in [0.15, 0.2) is 0 Å². The summed E-state index contributed by atoms with van der Waals surface area (Å²) in [4.78, 5) is 20.1. The van der Waals surface area contributed by atoms with Gasteiger partial charge < -0.3 is 10.1 Å². The summed E-state index contributed by atoms with van der Waals surface area (Å²) in [5.41, 5.74) is 0. The van der Waals surface area contributed by atoms with Crippen molar-refractivity contribution in [1.82, 2.24) is 5.32 Å². The second kappa shape index (κ2) is 3.43. The van der Waals surface area contributed by atoms with Gasteiger partial charge in [-0.25, -0.2) is 0 Å². The smallest absolute Gasteiger partial charge is 0.225 e. The second-order valence-corrected chi connectivity index (χ2v) is 2.67. The molecule has 11 heavy (non-hydrogen) atoms.